The summed E-state index contributed by atoms with van der Waals surface area (Å²) in [4.78, 5) is 23.5. The molecule has 0 saturated heterocycles. The fourth-order valence-electron chi connectivity index (χ4n) is 2.96. The van der Waals surface area contributed by atoms with Crippen LogP contribution < -0.4 is 10.6 Å². The van der Waals surface area contributed by atoms with Crippen molar-refractivity contribution in [3.63, 3.8) is 0 Å². The second kappa shape index (κ2) is 12.0. The molecule has 0 bridgehead atoms. The van der Waals surface area contributed by atoms with Crippen molar-refractivity contribution in [2.24, 2.45) is 5.41 Å². The van der Waals surface area contributed by atoms with Crippen LogP contribution in [0.1, 0.15) is 71.6 Å². The molecule has 0 heterocycles. The van der Waals surface area contributed by atoms with Crippen LogP contribution in [0.5, 0.6) is 0 Å². The van der Waals surface area contributed by atoms with Crippen LogP contribution in [0.4, 0.5) is 9.59 Å². The SMILES string of the molecule is CCCCOC(=O)NCC1(CNC(=O)OCCCC)CCCCC1. The zero-order valence-electron chi connectivity index (χ0n) is 15.3. The maximum Gasteiger partial charge on any atom is 0.407 e. The molecule has 0 unspecified atom stereocenters. The number of amides is 2. The Morgan fingerprint density at radius 2 is 1.29 bits per heavy atom. The lowest BCUT2D eigenvalue weighted by molar-refractivity contribution is 0.118. The molecule has 2 N–H and O–H groups in total. The average Bonchev–Trinajstić information content (AvgIpc) is 2.60. The molecule has 2 amide bonds. The predicted molar refractivity (Wildman–Crippen MR) is 94.0 cm³/mol. The highest BCUT2D eigenvalue weighted by molar-refractivity contribution is 5.68. The Labute approximate surface area is 146 Å². The van der Waals surface area contributed by atoms with E-state index in [9.17, 15) is 9.59 Å². The third kappa shape index (κ3) is 8.41. The molecule has 6 nitrogen and oxygen atoms in total. The second-order valence-corrected chi connectivity index (χ2v) is 6.75. The largest absolute Gasteiger partial charge is 0.450 e. The lowest BCUT2D eigenvalue weighted by Gasteiger charge is -2.37. The molecule has 0 radical (unpaired) electrons. The van der Waals surface area contributed by atoms with Crippen LogP contribution in [0, 0.1) is 5.41 Å². The molecule has 1 rings (SSSR count). The number of alkyl carbamates (subject to hydrolysis) is 2. The molecule has 0 aromatic heterocycles. The number of unbranched alkanes of at least 4 members (excludes halogenated alkanes) is 2. The van der Waals surface area contributed by atoms with Gasteiger partial charge in [0.1, 0.15) is 0 Å². The van der Waals surface area contributed by atoms with E-state index in [1.54, 1.807) is 0 Å². The van der Waals surface area contributed by atoms with E-state index >= 15 is 0 Å². The summed E-state index contributed by atoms with van der Waals surface area (Å²) in [7, 11) is 0. The van der Waals surface area contributed by atoms with Crippen molar-refractivity contribution < 1.29 is 19.1 Å². The maximum atomic E-state index is 11.8. The van der Waals surface area contributed by atoms with Crippen LogP contribution in [0.25, 0.3) is 0 Å². The first kappa shape index (κ1) is 20.6. The molecule has 1 aliphatic rings. The van der Waals surface area contributed by atoms with Gasteiger partial charge in [0.2, 0.25) is 0 Å². The van der Waals surface area contributed by atoms with Crippen LogP contribution in [-0.2, 0) is 9.47 Å². The van der Waals surface area contributed by atoms with Gasteiger partial charge in [0, 0.05) is 18.5 Å². The van der Waals surface area contributed by atoms with Crippen molar-refractivity contribution in [3.8, 4) is 0 Å². The fourth-order valence-corrected chi connectivity index (χ4v) is 2.96. The summed E-state index contributed by atoms with van der Waals surface area (Å²) in [6.45, 7) is 6.10. The molecular weight excluding hydrogens is 308 g/mol. The first-order chi connectivity index (χ1) is 11.6. The van der Waals surface area contributed by atoms with E-state index in [1.165, 1.54) is 6.42 Å². The molecule has 1 aliphatic carbocycles. The van der Waals surface area contributed by atoms with Crippen molar-refractivity contribution in [1.82, 2.24) is 10.6 Å². The van der Waals surface area contributed by atoms with Gasteiger partial charge >= 0.3 is 12.2 Å². The molecule has 0 spiro atoms. The van der Waals surface area contributed by atoms with Gasteiger partial charge in [-0.1, -0.05) is 46.0 Å². The number of carbonyl (C=O) groups excluding carboxylic acids is 2. The highest BCUT2D eigenvalue weighted by Crippen LogP contribution is 2.35. The first-order valence-electron chi connectivity index (χ1n) is 9.43. The Balaban J connectivity index is 2.38. The van der Waals surface area contributed by atoms with Gasteiger partial charge in [0.05, 0.1) is 13.2 Å². The molecule has 0 aromatic rings. The average molecular weight is 342 g/mol. The van der Waals surface area contributed by atoms with Gasteiger partial charge in [-0.15, -0.1) is 0 Å². The summed E-state index contributed by atoms with van der Waals surface area (Å²) in [5.74, 6) is 0. The zero-order chi connectivity index (χ0) is 17.7. The third-order valence-corrected chi connectivity index (χ3v) is 4.59. The van der Waals surface area contributed by atoms with Gasteiger partial charge in [-0.2, -0.15) is 0 Å². The van der Waals surface area contributed by atoms with Crippen LogP contribution in [-0.4, -0.2) is 38.5 Å². The van der Waals surface area contributed by atoms with E-state index in [-0.39, 0.29) is 17.6 Å². The van der Waals surface area contributed by atoms with Crippen molar-refractivity contribution in [2.75, 3.05) is 26.3 Å². The predicted octanol–water partition coefficient (Wildman–Crippen LogP) is 3.99. The Kier molecular flexibility index (Phi) is 10.3. The van der Waals surface area contributed by atoms with Crippen molar-refractivity contribution in [3.05, 3.63) is 0 Å². The van der Waals surface area contributed by atoms with E-state index in [0.717, 1.165) is 51.4 Å². The highest BCUT2D eigenvalue weighted by atomic mass is 16.6. The van der Waals surface area contributed by atoms with E-state index < -0.39 is 0 Å². The molecule has 0 aromatic carbocycles. The summed E-state index contributed by atoms with van der Waals surface area (Å²) >= 11 is 0. The highest BCUT2D eigenvalue weighted by Gasteiger charge is 2.33. The molecule has 0 atom stereocenters. The topological polar surface area (TPSA) is 76.7 Å². The minimum atomic E-state index is -0.362. The molecule has 24 heavy (non-hydrogen) atoms. The van der Waals surface area contributed by atoms with Crippen LogP contribution >= 0.6 is 0 Å². The van der Waals surface area contributed by atoms with E-state index in [4.69, 9.17) is 9.47 Å². The fraction of sp³-hybridized carbons (Fsp3) is 0.889. The quantitative estimate of drug-likeness (QED) is 0.589. The zero-order valence-corrected chi connectivity index (χ0v) is 15.3. The maximum absolute atomic E-state index is 11.8. The van der Waals surface area contributed by atoms with Crippen LogP contribution in [0.3, 0.4) is 0 Å². The summed E-state index contributed by atoms with van der Waals surface area (Å²) in [6, 6.07) is 0. The molecule has 1 fully saturated rings. The van der Waals surface area contributed by atoms with Gasteiger partial charge in [-0.05, 0) is 25.7 Å². The van der Waals surface area contributed by atoms with Crippen LogP contribution in [0.2, 0.25) is 0 Å². The van der Waals surface area contributed by atoms with Gasteiger partial charge in [0.25, 0.3) is 0 Å². The van der Waals surface area contributed by atoms with Crippen LogP contribution in [0.15, 0.2) is 0 Å². The number of nitrogens with one attached hydrogen (secondary N) is 2. The summed E-state index contributed by atoms with van der Waals surface area (Å²) in [5, 5.41) is 5.75. The molecule has 0 aliphatic heterocycles. The number of ether oxygens (including phenoxy) is 2. The number of carbonyl (C=O) groups is 2. The Bertz CT molecular complexity index is 340. The molecular formula is C18H34N2O4. The van der Waals surface area contributed by atoms with E-state index in [0.29, 0.717) is 26.3 Å². The smallest absolute Gasteiger partial charge is 0.407 e. The molecule has 6 heteroatoms. The Morgan fingerprint density at radius 1 is 0.833 bits per heavy atom. The number of rotatable bonds is 10. The lowest BCUT2D eigenvalue weighted by atomic mass is 9.74. The minimum Gasteiger partial charge on any atom is -0.450 e. The molecule has 140 valence electrons. The van der Waals surface area contributed by atoms with Gasteiger partial charge in [-0.3, -0.25) is 0 Å². The monoisotopic (exact) mass is 342 g/mol. The van der Waals surface area contributed by atoms with Crippen molar-refractivity contribution >= 4 is 12.2 Å². The number of hydrogen-bond acceptors (Lipinski definition) is 4. The summed E-state index contributed by atoms with van der Waals surface area (Å²) in [6.07, 6.45) is 8.49. The third-order valence-electron chi connectivity index (χ3n) is 4.59. The number of hydrogen-bond donors (Lipinski definition) is 2. The summed E-state index contributed by atoms with van der Waals surface area (Å²) < 4.78 is 10.3. The molecule has 1 saturated carbocycles. The Morgan fingerprint density at radius 3 is 1.71 bits per heavy atom. The lowest BCUT2D eigenvalue weighted by Crippen LogP contribution is -2.46. The standard InChI is InChI=1S/C18H34N2O4/c1-3-5-12-23-16(21)19-14-18(10-8-7-9-11-18)15-20-17(22)24-13-6-4-2/h3-15H2,1-2H3,(H,19,21)(H,20,22). The Hall–Kier alpha value is -1.46. The first-order valence-corrected chi connectivity index (χ1v) is 9.43. The van der Waals surface area contributed by atoms with Gasteiger partial charge in [-0.25, -0.2) is 9.59 Å². The van der Waals surface area contributed by atoms with E-state index in [1.807, 2.05) is 0 Å². The van der Waals surface area contributed by atoms with E-state index in [2.05, 4.69) is 24.5 Å². The van der Waals surface area contributed by atoms with Gasteiger partial charge in [0.15, 0.2) is 0 Å². The normalized spacial score (nSPS) is 16.2. The van der Waals surface area contributed by atoms with Crippen molar-refractivity contribution in [2.45, 2.75) is 71.6 Å². The summed E-state index contributed by atoms with van der Waals surface area (Å²) in [5.41, 5.74) is -0.0915. The second-order valence-electron chi connectivity index (χ2n) is 6.75. The minimum absolute atomic E-state index is 0.0915. The van der Waals surface area contributed by atoms with Gasteiger partial charge < -0.3 is 20.1 Å². The van der Waals surface area contributed by atoms with Crippen molar-refractivity contribution in [1.29, 1.82) is 0 Å².